The van der Waals surface area contributed by atoms with Gasteiger partial charge in [-0.25, -0.2) is 0 Å². The summed E-state index contributed by atoms with van der Waals surface area (Å²) < 4.78 is 0. The lowest BCUT2D eigenvalue weighted by molar-refractivity contribution is 1.02. The maximum absolute atomic E-state index is 9.24. The lowest BCUT2D eigenvalue weighted by Crippen LogP contribution is -2.17. The number of nitriles is 1. The second-order valence-corrected chi connectivity index (χ2v) is 4.79. The van der Waals surface area contributed by atoms with Gasteiger partial charge in [0.2, 0.25) is 0 Å². The lowest BCUT2D eigenvalue weighted by Gasteiger charge is -2.24. The average molecular weight is 271 g/mol. The molecule has 0 aliphatic heterocycles. The van der Waals surface area contributed by atoms with E-state index >= 15 is 0 Å². The Labute approximate surface area is 118 Å². The molecule has 2 aromatic rings. The highest BCUT2D eigenvalue weighted by molar-refractivity contribution is 6.30. The van der Waals surface area contributed by atoms with Gasteiger partial charge in [0, 0.05) is 17.3 Å². The molecule has 2 nitrogen and oxygen atoms in total. The van der Waals surface area contributed by atoms with E-state index < -0.39 is 0 Å². The third-order valence-electron chi connectivity index (χ3n) is 3.00. The average Bonchev–Trinajstić information content (AvgIpc) is 2.40. The van der Waals surface area contributed by atoms with Crippen molar-refractivity contribution in [3.8, 4) is 6.07 Å². The standard InChI is InChI=1S/C16H15ClN2/c1-3-19(15-6-4-5-12(2)9-15)16-10-14(17)8-7-13(16)11-18/h4-10H,3H2,1-2H3. The first-order valence-corrected chi connectivity index (χ1v) is 6.57. The second-order valence-electron chi connectivity index (χ2n) is 4.36. The van der Waals surface area contributed by atoms with Gasteiger partial charge in [0.05, 0.1) is 11.3 Å². The number of hydrogen-bond acceptors (Lipinski definition) is 2. The molecule has 0 N–H and O–H groups in total. The number of nitrogens with zero attached hydrogens (tertiary/aromatic N) is 2. The predicted octanol–water partition coefficient (Wildman–Crippen LogP) is 4.68. The number of rotatable bonds is 3. The zero-order valence-electron chi connectivity index (χ0n) is 11.0. The van der Waals surface area contributed by atoms with E-state index in [0.29, 0.717) is 10.6 Å². The van der Waals surface area contributed by atoms with Gasteiger partial charge in [-0.3, -0.25) is 0 Å². The molecule has 0 atom stereocenters. The van der Waals surface area contributed by atoms with Gasteiger partial charge in [0.25, 0.3) is 0 Å². The van der Waals surface area contributed by atoms with Gasteiger partial charge in [0.15, 0.2) is 0 Å². The van der Waals surface area contributed by atoms with E-state index in [4.69, 9.17) is 11.6 Å². The van der Waals surface area contributed by atoms with Crippen LogP contribution in [0.25, 0.3) is 0 Å². The molecule has 0 radical (unpaired) electrons. The number of halogens is 1. The molecule has 0 aromatic heterocycles. The normalized spacial score (nSPS) is 10.0. The van der Waals surface area contributed by atoms with Crippen LogP contribution in [0.15, 0.2) is 42.5 Å². The van der Waals surface area contributed by atoms with Gasteiger partial charge in [-0.15, -0.1) is 0 Å². The summed E-state index contributed by atoms with van der Waals surface area (Å²) in [5.41, 5.74) is 3.74. The predicted molar refractivity (Wildman–Crippen MR) is 80.0 cm³/mol. The van der Waals surface area contributed by atoms with Gasteiger partial charge in [-0.05, 0) is 49.7 Å². The van der Waals surface area contributed by atoms with E-state index in [1.54, 1.807) is 12.1 Å². The van der Waals surface area contributed by atoms with Crippen molar-refractivity contribution < 1.29 is 0 Å². The number of benzene rings is 2. The summed E-state index contributed by atoms with van der Waals surface area (Å²) in [7, 11) is 0. The van der Waals surface area contributed by atoms with Gasteiger partial charge in [-0.2, -0.15) is 5.26 Å². The first kappa shape index (κ1) is 13.5. The SMILES string of the molecule is CCN(c1cccc(C)c1)c1cc(Cl)ccc1C#N. The number of hydrogen-bond donors (Lipinski definition) is 0. The van der Waals surface area contributed by atoms with Crippen molar-refractivity contribution in [2.45, 2.75) is 13.8 Å². The molecule has 0 fully saturated rings. The van der Waals surface area contributed by atoms with Crippen LogP contribution < -0.4 is 4.90 Å². The minimum absolute atomic E-state index is 0.632. The van der Waals surface area contributed by atoms with Crippen LogP contribution in [-0.4, -0.2) is 6.54 Å². The number of aryl methyl sites for hydroxylation is 1. The topological polar surface area (TPSA) is 27.0 Å². The maximum Gasteiger partial charge on any atom is 0.101 e. The Morgan fingerprint density at radius 2 is 2.00 bits per heavy atom. The fraction of sp³-hybridized carbons (Fsp3) is 0.188. The van der Waals surface area contributed by atoms with E-state index in [0.717, 1.165) is 17.9 Å². The fourth-order valence-electron chi connectivity index (χ4n) is 2.11. The van der Waals surface area contributed by atoms with Crippen molar-refractivity contribution in [3.63, 3.8) is 0 Å². The number of anilines is 2. The first-order chi connectivity index (χ1) is 9.15. The molecule has 2 rings (SSSR count). The molecule has 96 valence electrons. The summed E-state index contributed by atoms with van der Waals surface area (Å²) in [6.45, 7) is 4.89. The van der Waals surface area contributed by atoms with E-state index in [9.17, 15) is 5.26 Å². The lowest BCUT2D eigenvalue weighted by atomic mass is 10.1. The summed E-state index contributed by atoms with van der Waals surface area (Å²) in [5, 5.41) is 9.87. The second kappa shape index (κ2) is 5.77. The molecule has 0 bridgehead atoms. The Morgan fingerprint density at radius 3 is 2.63 bits per heavy atom. The largest absolute Gasteiger partial charge is 0.341 e. The quantitative estimate of drug-likeness (QED) is 0.810. The van der Waals surface area contributed by atoms with Crippen molar-refractivity contribution in [1.29, 1.82) is 5.26 Å². The van der Waals surface area contributed by atoms with E-state index in [-0.39, 0.29) is 0 Å². The summed E-state index contributed by atoms with van der Waals surface area (Å²) in [6.07, 6.45) is 0. The maximum atomic E-state index is 9.24. The zero-order chi connectivity index (χ0) is 13.8. The Balaban J connectivity index is 2.54. The van der Waals surface area contributed by atoms with E-state index in [1.807, 2.05) is 18.2 Å². The van der Waals surface area contributed by atoms with Gasteiger partial charge >= 0.3 is 0 Å². The minimum atomic E-state index is 0.632. The molecule has 0 unspecified atom stereocenters. The van der Waals surface area contributed by atoms with Crippen LogP contribution in [-0.2, 0) is 0 Å². The van der Waals surface area contributed by atoms with Crippen LogP contribution in [0.1, 0.15) is 18.1 Å². The molecule has 2 aromatic carbocycles. The van der Waals surface area contributed by atoms with Crippen LogP contribution in [0, 0.1) is 18.3 Å². The Morgan fingerprint density at radius 1 is 1.21 bits per heavy atom. The Hall–Kier alpha value is -1.98. The van der Waals surface area contributed by atoms with Crippen LogP contribution in [0.2, 0.25) is 5.02 Å². The molecule has 0 saturated heterocycles. The molecule has 0 amide bonds. The van der Waals surface area contributed by atoms with E-state index in [1.165, 1.54) is 5.56 Å². The minimum Gasteiger partial charge on any atom is -0.341 e. The molecule has 0 spiro atoms. The Bertz CT molecular complexity index is 629. The summed E-state index contributed by atoms with van der Waals surface area (Å²) >= 11 is 6.06. The van der Waals surface area contributed by atoms with E-state index in [2.05, 4.69) is 36.9 Å². The molecule has 0 aliphatic carbocycles. The van der Waals surface area contributed by atoms with Gasteiger partial charge in [-0.1, -0.05) is 23.7 Å². The highest BCUT2D eigenvalue weighted by atomic mass is 35.5. The van der Waals surface area contributed by atoms with Crippen molar-refractivity contribution >= 4 is 23.0 Å². The molecule has 0 aliphatic rings. The molecule has 0 saturated carbocycles. The first-order valence-electron chi connectivity index (χ1n) is 6.19. The summed E-state index contributed by atoms with van der Waals surface area (Å²) in [4.78, 5) is 2.09. The smallest absolute Gasteiger partial charge is 0.101 e. The summed E-state index contributed by atoms with van der Waals surface area (Å²) in [6, 6.07) is 15.8. The van der Waals surface area contributed by atoms with Crippen LogP contribution >= 0.6 is 11.6 Å². The fourth-order valence-corrected chi connectivity index (χ4v) is 2.28. The molecule has 3 heteroatoms. The van der Waals surface area contributed by atoms with Crippen molar-refractivity contribution in [2.24, 2.45) is 0 Å². The third-order valence-corrected chi connectivity index (χ3v) is 3.24. The molecular weight excluding hydrogens is 256 g/mol. The zero-order valence-corrected chi connectivity index (χ0v) is 11.8. The van der Waals surface area contributed by atoms with Crippen molar-refractivity contribution in [1.82, 2.24) is 0 Å². The third kappa shape index (κ3) is 2.89. The highest BCUT2D eigenvalue weighted by Gasteiger charge is 2.12. The van der Waals surface area contributed by atoms with Crippen LogP contribution in [0.5, 0.6) is 0 Å². The molecular formula is C16H15ClN2. The van der Waals surface area contributed by atoms with Gasteiger partial charge < -0.3 is 4.90 Å². The van der Waals surface area contributed by atoms with Crippen molar-refractivity contribution in [2.75, 3.05) is 11.4 Å². The van der Waals surface area contributed by atoms with Crippen molar-refractivity contribution in [3.05, 3.63) is 58.6 Å². The summed E-state index contributed by atoms with van der Waals surface area (Å²) in [5.74, 6) is 0. The van der Waals surface area contributed by atoms with Gasteiger partial charge in [0.1, 0.15) is 6.07 Å². The monoisotopic (exact) mass is 270 g/mol. The van der Waals surface area contributed by atoms with Crippen LogP contribution in [0.4, 0.5) is 11.4 Å². The van der Waals surface area contributed by atoms with Crippen LogP contribution in [0.3, 0.4) is 0 Å². The molecule has 19 heavy (non-hydrogen) atoms. The highest BCUT2D eigenvalue weighted by Crippen LogP contribution is 2.30. The Kier molecular flexibility index (Phi) is 4.09. The molecule has 0 heterocycles.